The molecule has 0 saturated heterocycles. The third-order valence-corrected chi connectivity index (χ3v) is 3.84. The van der Waals surface area contributed by atoms with Gasteiger partial charge in [-0.1, -0.05) is 40.5 Å². The average molecular weight is 322 g/mol. The molecule has 1 aromatic carbocycles. The summed E-state index contributed by atoms with van der Waals surface area (Å²) in [7, 11) is 1.95. The zero-order valence-corrected chi connectivity index (χ0v) is 13.2. The van der Waals surface area contributed by atoms with Crippen molar-refractivity contribution in [2.24, 2.45) is 7.05 Å². The second-order valence-electron chi connectivity index (χ2n) is 4.86. The standard InChI is InChI=1S/C15H20BrN3/c1-4-7-17-15(12-9-18-19(3)10-12)13-8-11(2)5-6-14(13)16/h5-6,8-10,15,17H,4,7H2,1-3H3. The third kappa shape index (κ3) is 3.45. The fourth-order valence-electron chi connectivity index (χ4n) is 2.17. The molecule has 2 rings (SSSR count). The van der Waals surface area contributed by atoms with Crippen LogP contribution in [-0.4, -0.2) is 16.3 Å². The van der Waals surface area contributed by atoms with Gasteiger partial charge in [0.25, 0.3) is 0 Å². The van der Waals surface area contributed by atoms with Crippen LogP contribution in [0, 0.1) is 6.92 Å². The SMILES string of the molecule is CCCNC(c1cnn(C)c1)c1cc(C)ccc1Br. The van der Waals surface area contributed by atoms with Gasteiger partial charge in [0.05, 0.1) is 12.2 Å². The molecule has 0 saturated carbocycles. The molecule has 19 heavy (non-hydrogen) atoms. The molecular weight excluding hydrogens is 302 g/mol. The van der Waals surface area contributed by atoms with Crippen LogP contribution in [0.1, 0.15) is 36.1 Å². The molecule has 0 amide bonds. The van der Waals surface area contributed by atoms with Gasteiger partial charge in [0.1, 0.15) is 0 Å². The highest BCUT2D eigenvalue weighted by atomic mass is 79.9. The van der Waals surface area contributed by atoms with Crippen LogP contribution < -0.4 is 5.32 Å². The van der Waals surface area contributed by atoms with E-state index in [0.717, 1.165) is 17.4 Å². The van der Waals surface area contributed by atoms with Crippen LogP contribution in [0.25, 0.3) is 0 Å². The Labute approximate surface area is 123 Å². The Kier molecular flexibility index (Phi) is 4.77. The highest BCUT2D eigenvalue weighted by molar-refractivity contribution is 9.10. The Hall–Kier alpha value is -1.13. The highest BCUT2D eigenvalue weighted by Crippen LogP contribution is 2.29. The second kappa shape index (κ2) is 6.35. The van der Waals surface area contributed by atoms with Crippen molar-refractivity contribution in [2.75, 3.05) is 6.54 Å². The first-order chi connectivity index (χ1) is 9.11. The second-order valence-corrected chi connectivity index (χ2v) is 5.71. The fraction of sp³-hybridized carbons (Fsp3) is 0.400. The topological polar surface area (TPSA) is 29.9 Å². The smallest absolute Gasteiger partial charge is 0.0619 e. The summed E-state index contributed by atoms with van der Waals surface area (Å²) in [5.74, 6) is 0. The zero-order valence-electron chi connectivity index (χ0n) is 11.7. The van der Waals surface area contributed by atoms with Crippen LogP contribution in [0.2, 0.25) is 0 Å². The molecule has 1 atom stereocenters. The van der Waals surface area contributed by atoms with Crippen LogP contribution in [0.15, 0.2) is 35.1 Å². The predicted molar refractivity (Wildman–Crippen MR) is 82.2 cm³/mol. The number of nitrogens with one attached hydrogen (secondary N) is 1. The van der Waals surface area contributed by atoms with Crippen molar-refractivity contribution in [1.82, 2.24) is 15.1 Å². The number of hydrogen-bond acceptors (Lipinski definition) is 2. The van der Waals surface area contributed by atoms with E-state index in [1.165, 1.54) is 16.7 Å². The summed E-state index contributed by atoms with van der Waals surface area (Å²) in [6, 6.07) is 6.64. The first kappa shape index (κ1) is 14.3. The maximum Gasteiger partial charge on any atom is 0.0619 e. The van der Waals surface area contributed by atoms with E-state index in [-0.39, 0.29) is 6.04 Å². The van der Waals surface area contributed by atoms with Crippen molar-refractivity contribution in [3.05, 3.63) is 51.8 Å². The van der Waals surface area contributed by atoms with Crippen molar-refractivity contribution < 1.29 is 0 Å². The molecule has 1 aromatic heterocycles. The lowest BCUT2D eigenvalue weighted by atomic mass is 9.99. The van der Waals surface area contributed by atoms with E-state index in [4.69, 9.17) is 0 Å². The van der Waals surface area contributed by atoms with E-state index in [1.807, 2.05) is 17.9 Å². The number of benzene rings is 1. The Balaban J connectivity index is 2.39. The van der Waals surface area contributed by atoms with Crippen molar-refractivity contribution in [3.63, 3.8) is 0 Å². The predicted octanol–water partition coefficient (Wildman–Crippen LogP) is 3.58. The molecule has 1 N–H and O–H groups in total. The molecule has 0 aliphatic heterocycles. The summed E-state index contributed by atoms with van der Waals surface area (Å²) in [5.41, 5.74) is 3.73. The lowest BCUT2D eigenvalue weighted by molar-refractivity contribution is 0.596. The number of aryl methyl sites for hydroxylation is 2. The Morgan fingerprint density at radius 1 is 1.42 bits per heavy atom. The first-order valence-electron chi connectivity index (χ1n) is 6.59. The highest BCUT2D eigenvalue weighted by Gasteiger charge is 2.17. The summed E-state index contributed by atoms with van der Waals surface area (Å²) >= 11 is 3.66. The van der Waals surface area contributed by atoms with Crippen LogP contribution in [0.5, 0.6) is 0 Å². The number of nitrogens with zero attached hydrogens (tertiary/aromatic N) is 2. The third-order valence-electron chi connectivity index (χ3n) is 3.12. The Bertz CT molecular complexity index is 548. The van der Waals surface area contributed by atoms with Gasteiger partial charge in [-0.15, -0.1) is 0 Å². The molecule has 1 heterocycles. The minimum atomic E-state index is 0.183. The maximum absolute atomic E-state index is 4.28. The van der Waals surface area contributed by atoms with Gasteiger partial charge >= 0.3 is 0 Å². The largest absolute Gasteiger partial charge is 0.306 e. The molecular formula is C15H20BrN3. The number of rotatable bonds is 5. The summed E-state index contributed by atoms with van der Waals surface area (Å²) < 4.78 is 2.98. The molecule has 102 valence electrons. The van der Waals surface area contributed by atoms with Gasteiger partial charge in [0, 0.05) is 23.3 Å². The molecule has 3 nitrogen and oxygen atoms in total. The molecule has 0 aliphatic carbocycles. The van der Waals surface area contributed by atoms with E-state index in [1.54, 1.807) is 0 Å². The summed E-state index contributed by atoms with van der Waals surface area (Å²) in [6.07, 6.45) is 5.12. The summed E-state index contributed by atoms with van der Waals surface area (Å²) in [4.78, 5) is 0. The Morgan fingerprint density at radius 3 is 2.84 bits per heavy atom. The van der Waals surface area contributed by atoms with Crippen molar-refractivity contribution >= 4 is 15.9 Å². The fourth-order valence-corrected chi connectivity index (χ4v) is 2.65. The quantitative estimate of drug-likeness (QED) is 0.912. The summed E-state index contributed by atoms with van der Waals surface area (Å²) in [5, 5.41) is 7.88. The van der Waals surface area contributed by atoms with Gasteiger partial charge in [-0.25, -0.2) is 0 Å². The van der Waals surface area contributed by atoms with Gasteiger partial charge in [-0.05, 0) is 31.5 Å². The molecule has 4 heteroatoms. The molecule has 0 spiro atoms. The van der Waals surface area contributed by atoms with Gasteiger partial charge in [0.15, 0.2) is 0 Å². The van der Waals surface area contributed by atoms with Gasteiger partial charge < -0.3 is 5.32 Å². The van der Waals surface area contributed by atoms with Crippen LogP contribution in [0.3, 0.4) is 0 Å². The van der Waals surface area contributed by atoms with Crippen LogP contribution >= 0.6 is 15.9 Å². The number of hydrogen-bond donors (Lipinski definition) is 1. The van der Waals surface area contributed by atoms with Crippen LogP contribution in [-0.2, 0) is 7.05 Å². The van der Waals surface area contributed by atoms with Crippen molar-refractivity contribution in [2.45, 2.75) is 26.3 Å². The van der Waals surface area contributed by atoms with Crippen molar-refractivity contribution in [1.29, 1.82) is 0 Å². The normalized spacial score (nSPS) is 12.6. The minimum absolute atomic E-state index is 0.183. The van der Waals surface area contributed by atoms with Gasteiger partial charge in [-0.3, -0.25) is 4.68 Å². The molecule has 1 unspecified atom stereocenters. The van der Waals surface area contributed by atoms with Crippen LogP contribution in [0.4, 0.5) is 0 Å². The van der Waals surface area contributed by atoms with E-state index < -0.39 is 0 Å². The lowest BCUT2D eigenvalue weighted by Crippen LogP contribution is -2.23. The first-order valence-corrected chi connectivity index (χ1v) is 7.39. The van der Waals surface area contributed by atoms with E-state index in [9.17, 15) is 0 Å². The molecule has 0 bridgehead atoms. The minimum Gasteiger partial charge on any atom is -0.306 e. The number of halogens is 1. The molecule has 2 aromatic rings. The van der Waals surface area contributed by atoms with Crippen molar-refractivity contribution in [3.8, 4) is 0 Å². The summed E-state index contributed by atoms with van der Waals surface area (Å²) in [6.45, 7) is 5.29. The monoisotopic (exact) mass is 321 g/mol. The molecule has 0 fully saturated rings. The average Bonchev–Trinajstić information content (AvgIpc) is 2.80. The number of aromatic nitrogens is 2. The van der Waals surface area contributed by atoms with E-state index in [2.05, 4.69) is 64.6 Å². The molecule has 0 aliphatic rings. The lowest BCUT2D eigenvalue weighted by Gasteiger charge is -2.19. The van der Waals surface area contributed by atoms with E-state index in [0.29, 0.717) is 0 Å². The Morgan fingerprint density at radius 2 is 2.21 bits per heavy atom. The zero-order chi connectivity index (χ0) is 13.8. The van der Waals surface area contributed by atoms with Gasteiger partial charge in [-0.2, -0.15) is 5.10 Å². The van der Waals surface area contributed by atoms with Gasteiger partial charge in [0.2, 0.25) is 0 Å². The molecule has 0 radical (unpaired) electrons. The van der Waals surface area contributed by atoms with E-state index >= 15 is 0 Å². The maximum atomic E-state index is 4.28.